The molecular weight excluding hydrogens is 218 g/mol. The van der Waals surface area contributed by atoms with E-state index in [0.717, 1.165) is 24.3 Å². The van der Waals surface area contributed by atoms with E-state index in [1.807, 2.05) is 12.1 Å². The van der Waals surface area contributed by atoms with Crippen molar-refractivity contribution in [2.24, 2.45) is 0 Å². The Bertz CT molecular complexity index is 386. The molecule has 4 nitrogen and oxygen atoms in total. The van der Waals surface area contributed by atoms with Crippen LogP contribution in [0, 0.1) is 0 Å². The molecular formula is C13H19NO3. The van der Waals surface area contributed by atoms with Crippen LogP contribution >= 0.6 is 0 Å². The van der Waals surface area contributed by atoms with Crippen LogP contribution in [0.25, 0.3) is 0 Å². The molecule has 0 aromatic heterocycles. The van der Waals surface area contributed by atoms with Gasteiger partial charge in [-0.25, -0.2) is 0 Å². The van der Waals surface area contributed by atoms with E-state index in [4.69, 9.17) is 14.2 Å². The number of rotatable bonds is 4. The fourth-order valence-electron chi connectivity index (χ4n) is 2.35. The van der Waals surface area contributed by atoms with Crippen molar-refractivity contribution >= 4 is 0 Å². The van der Waals surface area contributed by atoms with Gasteiger partial charge < -0.3 is 19.5 Å². The van der Waals surface area contributed by atoms with Crippen LogP contribution in [0.1, 0.15) is 24.4 Å². The minimum atomic E-state index is 0.352. The van der Waals surface area contributed by atoms with Gasteiger partial charge in [-0.3, -0.25) is 0 Å². The molecule has 1 aromatic rings. The zero-order chi connectivity index (χ0) is 12.3. The van der Waals surface area contributed by atoms with E-state index >= 15 is 0 Å². The van der Waals surface area contributed by atoms with Crippen LogP contribution in [-0.4, -0.2) is 27.9 Å². The molecule has 2 rings (SSSR count). The fraction of sp³-hybridized carbons (Fsp3) is 0.538. The van der Waals surface area contributed by atoms with E-state index in [0.29, 0.717) is 17.5 Å². The molecule has 94 valence electrons. The minimum absolute atomic E-state index is 0.352. The van der Waals surface area contributed by atoms with Gasteiger partial charge in [0.15, 0.2) is 11.5 Å². The molecule has 4 heteroatoms. The van der Waals surface area contributed by atoms with Crippen LogP contribution in [0.5, 0.6) is 17.2 Å². The number of hydrogen-bond donors (Lipinski definition) is 1. The summed E-state index contributed by atoms with van der Waals surface area (Å²) in [6.45, 7) is 1.06. The molecule has 1 N–H and O–H groups in total. The van der Waals surface area contributed by atoms with Crippen LogP contribution in [0.3, 0.4) is 0 Å². The van der Waals surface area contributed by atoms with Crippen LogP contribution in [0.2, 0.25) is 0 Å². The predicted molar refractivity (Wildman–Crippen MR) is 66.1 cm³/mol. The molecule has 17 heavy (non-hydrogen) atoms. The van der Waals surface area contributed by atoms with Gasteiger partial charge in [-0.15, -0.1) is 0 Å². The summed E-state index contributed by atoms with van der Waals surface area (Å²) in [5.74, 6) is 2.14. The standard InChI is InChI=1S/C13H19NO3/c1-15-11-7-6-9(10-5-4-8-14-10)12(16-2)13(11)17-3/h6-7,10,14H,4-5,8H2,1-3H3/t10-/m0/s1. The van der Waals surface area contributed by atoms with E-state index in [2.05, 4.69) is 5.32 Å². The van der Waals surface area contributed by atoms with Crippen LogP contribution in [0.15, 0.2) is 12.1 Å². The van der Waals surface area contributed by atoms with E-state index in [9.17, 15) is 0 Å². The number of nitrogens with one attached hydrogen (secondary N) is 1. The normalized spacial score (nSPS) is 19.1. The van der Waals surface area contributed by atoms with Gasteiger partial charge in [0.05, 0.1) is 21.3 Å². The molecule has 0 spiro atoms. The van der Waals surface area contributed by atoms with Gasteiger partial charge >= 0.3 is 0 Å². The highest BCUT2D eigenvalue weighted by atomic mass is 16.5. The lowest BCUT2D eigenvalue weighted by Gasteiger charge is -2.19. The van der Waals surface area contributed by atoms with Crippen LogP contribution < -0.4 is 19.5 Å². The number of benzene rings is 1. The number of methoxy groups -OCH3 is 3. The van der Waals surface area contributed by atoms with Crippen LogP contribution in [-0.2, 0) is 0 Å². The second-order valence-corrected chi connectivity index (χ2v) is 4.07. The molecule has 0 radical (unpaired) electrons. The Kier molecular flexibility index (Phi) is 3.74. The molecule has 0 bridgehead atoms. The Morgan fingerprint density at radius 1 is 1.06 bits per heavy atom. The summed E-state index contributed by atoms with van der Waals surface area (Å²) in [6.07, 6.45) is 2.33. The average Bonchev–Trinajstić information content (AvgIpc) is 2.90. The van der Waals surface area contributed by atoms with E-state index in [-0.39, 0.29) is 0 Å². The fourth-order valence-corrected chi connectivity index (χ4v) is 2.35. The van der Waals surface area contributed by atoms with Gasteiger partial charge in [-0.05, 0) is 31.5 Å². The van der Waals surface area contributed by atoms with Crippen LogP contribution in [0.4, 0.5) is 0 Å². The lowest BCUT2D eigenvalue weighted by atomic mass is 10.0. The summed E-state index contributed by atoms with van der Waals surface area (Å²) < 4.78 is 16.1. The summed E-state index contributed by atoms with van der Waals surface area (Å²) in [5.41, 5.74) is 1.14. The third kappa shape index (κ3) is 2.17. The van der Waals surface area contributed by atoms with Crippen molar-refractivity contribution in [3.05, 3.63) is 17.7 Å². The van der Waals surface area contributed by atoms with Crippen molar-refractivity contribution in [3.8, 4) is 17.2 Å². The summed E-state index contributed by atoms with van der Waals surface area (Å²) in [6, 6.07) is 4.32. The maximum absolute atomic E-state index is 5.48. The molecule has 0 saturated carbocycles. The third-order valence-corrected chi connectivity index (χ3v) is 3.17. The maximum atomic E-state index is 5.48. The van der Waals surface area contributed by atoms with Gasteiger partial charge in [0, 0.05) is 11.6 Å². The molecule has 1 atom stereocenters. The van der Waals surface area contributed by atoms with E-state index in [1.165, 1.54) is 6.42 Å². The van der Waals surface area contributed by atoms with E-state index < -0.39 is 0 Å². The maximum Gasteiger partial charge on any atom is 0.203 e. The van der Waals surface area contributed by atoms with Gasteiger partial charge in [0.1, 0.15) is 0 Å². The topological polar surface area (TPSA) is 39.7 Å². The minimum Gasteiger partial charge on any atom is -0.493 e. The van der Waals surface area contributed by atoms with E-state index in [1.54, 1.807) is 21.3 Å². The van der Waals surface area contributed by atoms with Gasteiger partial charge in [-0.2, -0.15) is 0 Å². The Hall–Kier alpha value is -1.42. The van der Waals surface area contributed by atoms with Gasteiger partial charge in [-0.1, -0.05) is 0 Å². The molecule has 1 aromatic carbocycles. The molecule has 0 aliphatic carbocycles. The Balaban J connectivity index is 2.44. The van der Waals surface area contributed by atoms with Gasteiger partial charge in [0.25, 0.3) is 0 Å². The molecule has 1 fully saturated rings. The third-order valence-electron chi connectivity index (χ3n) is 3.17. The highest BCUT2D eigenvalue weighted by Crippen LogP contribution is 2.43. The highest BCUT2D eigenvalue weighted by molar-refractivity contribution is 5.56. The highest BCUT2D eigenvalue weighted by Gasteiger charge is 2.24. The number of hydrogen-bond acceptors (Lipinski definition) is 4. The number of ether oxygens (including phenoxy) is 3. The lowest BCUT2D eigenvalue weighted by molar-refractivity contribution is 0.320. The first-order valence-corrected chi connectivity index (χ1v) is 5.84. The monoisotopic (exact) mass is 237 g/mol. The lowest BCUT2D eigenvalue weighted by Crippen LogP contribution is -2.14. The van der Waals surface area contributed by atoms with Crippen molar-refractivity contribution in [2.45, 2.75) is 18.9 Å². The largest absolute Gasteiger partial charge is 0.493 e. The van der Waals surface area contributed by atoms with Crippen molar-refractivity contribution in [2.75, 3.05) is 27.9 Å². The summed E-state index contributed by atoms with van der Waals surface area (Å²) in [5, 5.41) is 3.46. The van der Waals surface area contributed by atoms with Crippen molar-refractivity contribution in [3.63, 3.8) is 0 Å². The molecule has 1 aliphatic heterocycles. The predicted octanol–water partition coefficient (Wildman–Crippen LogP) is 2.14. The Morgan fingerprint density at radius 2 is 1.82 bits per heavy atom. The van der Waals surface area contributed by atoms with Crippen molar-refractivity contribution in [1.29, 1.82) is 0 Å². The first-order valence-electron chi connectivity index (χ1n) is 5.84. The van der Waals surface area contributed by atoms with Crippen molar-refractivity contribution < 1.29 is 14.2 Å². The zero-order valence-electron chi connectivity index (χ0n) is 10.6. The summed E-state index contributed by atoms with van der Waals surface area (Å²) >= 11 is 0. The second-order valence-electron chi connectivity index (χ2n) is 4.07. The summed E-state index contributed by atoms with van der Waals surface area (Å²) in [7, 11) is 4.92. The molecule has 1 heterocycles. The second kappa shape index (κ2) is 5.27. The Morgan fingerprint density at radius 3 is 2.35 bits per heavy atom. The molecule has 0 amide bonds. The average molecular weight is 237 g/mol. The van der Waals surface area contributed by atoms with Gasteiger partial charge in [0.2, 0.25) is 5.75 Å². The quantitative estimate of drug-likeness (QED) is 0.871. The Labute approximate surface area is 102 Å². The molecule has 1 aliphatic rings. The first kappa shape index (κ1) is 12.0. The molecule has 1 saturated heterocycles. The molecule has 0 unspecified atom stereocenters. The van der Waals surface area contributed by atoms with Crippen molar-refractivity contribution in [1.82, 2.24) is 5.32 Å². The SMILES string of the molecule is COc1ccc([C@@H]2CCCN2)c(OC)c1OC. The first-order chi connectivity index (χ1) is 8.31. The summed E-state index contributed by atoms with van der Waals surface area (Å²) in [4.78, 5) is 0. The smallest absolute Gasteiger partial charge is 0.203 e. The zero-order valence-corrected chi connectivity index (χ0v) is 10.6.